The van der Waals surface area contributed by atoms with E-state index in [0.29, 0.717) is 5.88 Å². The van der Waals surface area contributed by atoms with Gasteiger partial charge in [0, 0.05) is 19.4 Å². The lowest BCUT2D eigenvalue weighted by Gasteiger charge is -2.08. The average Bonchev–Trinajstić information content (AvgIpc) is 2.39. The zero-order chi connectivity index (χ0) is 8.27. The van der Waals surface area contributed by atoms with Crippen molar-refractivity contribution in [1.82, 2.24) is 15.3 Å². The van der Waals surface area contributed by atoms with Crippen LogP contribution in [0.2, 0.25) is 0 Å². The summed E-state index contributed by atoms with van der Waals surface area (Å²) < 4.78 is 4.68. The van der Waals surface area contributed by atoms with Crippen molar-refractivity contribution >= 4 is 11.7 Å². The molecule has 0 radical (unpaired) electrons. The molecule has 1 aromatic heterocycles. The highest BCUT2D eigenvalue weighted by molar-refractivity contribution is 5.81. The number of hydrogen-bond acceptors (Lipinski definition) is 4. The third-order valence-electron chi connectivity index (χ3n) is 1.27. The molecule has 0 spiro atoms. The summed E-state index contributed by atoms with van der Waals surface area (Å²) in [7, 11) is 3.81. The second kappa shape index (κ2) is 3.14. The Morgan fingerprint density at radius 1 is 1.64 bits per heavy atom. The van der Waals surface area contributed by atoms with Gasteiger partial charge in [-0.25, -0.2) is 0 Å². The topological polar surface area (TPSA) is 54.5 Å². The zero-order valence-electron chi connectivity index (χ0n) is 6.77. The molecule has 0 aliphatic rings. The van der Waals surface area contributed by atoms with E-state index in [0.717, 1.165) is 5.84 Å². The van der Waals surface area contributed by atoms with Crippen molar-refractivity contribution in [2.24, 2.45) is 4.99 Å². The standard InChI is InChI=1S/C6H10N4O/c1-5(10(2)3)8-6-4-7-9-11-6/h4H,1-3H3. The number of rotatable bonds is 1. The van der Waals surface area contributed by atoms with Gasteiger partial charge in [-0.1, -0.05) is 0 Å². The Bertz CT molecular complexity index is 239. The van der Waals surface area contributed by atoms with E-state index in [1.54, 1.807) is 0 Å². The van der Waals surface area contributed by atoms with Gasteiger partial charge >= 0.3 is 0 Å². The zero-order valence-corrected chi connectivity index (χ0v) is 6.77. The minimum atomic E-state index is 0.427. The van der Waals surface area contributed by atoms with Gasteiger partial charge in [-0.2, -0.15) is 4.99 Å². The van der Waals surface area contributed by atoms with Crippen molar-refractivity contribution in [3.8, 4) is 0 Å². The van der Waals surface area contributed by atoms with Crippen LogP contribution in [0.15, 0.2) is 15.7 Å². The number of aliphatic imine (C=N–C) groups is 1. The first-order valence-electron chi connectivity index (χ1n) is 3.20. The summed E-state index contributed by atoms with van der Waals surface area (Å²) in [5.41, 5.74) is 0. The third kappa shape index (κ3) is 2.03. The molecular weight excluding hydrogens is 144 g/mol. The molecule has 5 nitrogen and oxygen atoms in total. The molecule has 0 fully saturated rings. The van der Waals surface area contributed by atoms with E-state index >= 15 is 0 Å². The molecule has 0 saturated heterocycles. The molecule has 0 unspecified atom stereocenters. The second-order valence-corrected chi connectivity index (χ2v) is 2.31. The number of hydrogen-bond donors (Lipinski definition) is 0. The van der Waals surface area contributed by atoms with Gasteiger partial charge in [-0.15, -0.1) is 5.10 Å². The summed E-state index contributed by atoms with van der Waals surface area (Å²) in [5.74, 6) is 1.28. The van der Waals surface area contributed by atoms with Crippen molar-refractivity contribution < 1.29 is 4.52 Å². The van der Waals surface area contributed by atoms with Crippen molar-refractivity contribution in [2.45, 2.75) is 6.92 Å². The Morgan fingerprint density at radius 3 is 2.82 bits per heavy atom. The van der Waals surface area contributed by atoms with Crippen LogP contribution in [0.25, 0.3) is 0 Å². The molecule has 0 saturated carbocycles. The van der Waals surface area contributed by atoms with Gasteiger partial charge in [0.15, 0.2) is 0 Å². The van der Waals surface area contributed by atoms with Crippen LogP contribution in [0.3, 0.4) is 0 Å². The molecule has 1 aromatic rings. The molecular formula is C6H10N4O. The summed E-state index contributed by atoms with van der Waals surface area (Å²) in [6.45, 7) is 1.88. The van der Waals surface area contributed by atoms with Gasteiger partial charge in [-0.05, 0) is 6.92 Å². The molecule has 1 rings (SSSR count). The van der Waals surface area contributed by atoms with E-state index in [9.17, 15) is 0 Å². The highest BCUT2D eigenvalue weighted by Crippen LogP contribution is 2.06. The maximum Gasteiger partial charge on any atom is 0.272 e. The number of nitrogens with zero attached hydrogens (tertiary/aromatic N) is 4. The molecule has 0 N–H and O–H groups in total. The normalized spacial score (nSPS) is 11.7. The van der Waals surface area contributed by atoms with Crippen molar-refractivity contribution in [3.05, 3.63) is 6.20 Å². The van der Waals surface area contributed by atoms with E-state index in [-0.39, 0.29) is 0 Å². The molecule has 0 bridgehead atoms. The van der Waals surface area contributed by atoms with Crippen molar-refractivity contribution in [1.29, 1.82) is 0 Å². The average molecular weight is 154 g/mol. The monoisotopic (exact) mass is 154 g/mol. The minimum Gasteiger partial charge on any atom is -0.366 e. The molecule has 0 aromatic carbocycles. The van der Waals surface area contributed by atoms with Crippen LogP contribution in [0.1, 0.15) is 6.92 Å². The Hall–Kier alpha value is -1.39. The van der Waals surface area contributed by atoms with Crippen molar-refractivity contribution in [2.75, 3.05) is 14.1 Å². The summed E-state index contributed by atoms with van der Waals surface area (Å²) in [6.07, 6.45) is 1.47. The lowest BCUT2D eigenvalue weighted by atomic mass is 10.6. The first kappa shape index (κ1) is 7.71. The number of aromatic nitrogens is 2. The summed E-state index contributed by atoms with van der Waals surface area (Å²) in [4.78, 5) is 5.95. The fourth-order valence-electron chi connectivity index (χ4n) is 0.471. The van der Waals surface area contributed by atoms with Gasteiger partial charge in [0.1, 0.15) is 12.0 Å². The largest absolute Gasteiger partial charge is 0.366 e. The fourth-order valence-corrected chi connectivity index (χ4v) is 0.471. The van der Waals surface area contributed by atoms with E-state index in [4.69, 9.17) is 0 Å². The Morgan fingerprint density at radius 2 is 2.36 bits per heavy atom. The maximum absolute atomic E-state index is 4.68. The molecule has 0 atom stereocenters. The lowest BCUT2D eigenvalue weighted by Crippen LogP contribution is -2.17. The number of amidine groups is 1. The van der Waals surface area contributed by atoms with Crippen LogP contribution in [0.5, 0.6) is 0 Å². The molecule has 11 heavy (non-hydrogen) atoms. The SMILES string of the molecule is CC(=Nc1cnno1)N(C)C. The summed E-state index contributed by atoms with van der Waals surface area (Å²) in [5, 5.41) is 6.78. The highest BCUT2D eigenvalue weighted by Gasteiger charge is 1.96. The molecule has 0 aliphatic heterocycles. The van der Waals surface area contributed by atoms with E-state index < -0.39 is 0 Å². The Labute approximate surface area is 64.7 Å². The van der Waals surface area contributed by atoms with E-state index in [2.05, 4.69) is 19.9 Å². The van der Waals surface area contributed by atoms with Crippen molar-refractivity contribution in [3.63, 3.8) is 0 Å². The highest BCUT2D eigenvalue weighted by atomic mass is 16.5. The van der Waals surface area contributed by atoms with E-state index in [1.165, 1.54) is 6.20 Å². The fraction of sp³-hybridized carbons (Fsp3) is 0.500. The van der Waals surface area contributed by atoms with Crippen LogP contribution in [0, 0.1) is 0 Å². The predicted octanol–water partition coefficient (Wildman–Crippen LogP) is 0.681. The van der Waals surface area contributed by atoms with Gasteiger partial charge in [0.2, 0.25) is 0 Å². The van der Waals surface area contributed by atoms with Crippen LogP contribution in [-0.2, 0) is 0 Å². The summed E-state index contributed by atoms with van der Waals surface area (Å²) >= 11 is 0. The first-order valence-corrected chi connectivity index (χ1v) is 3.20. The van der Waals surface area contributed by atoms with Gasteiger partial charge in [-0.3, -0.25) is 0 Å². The Balaban J connectivity index is 2.74. The maximum atomic E-state index is 4.68. The third-order valence-corrected chi connectivity index (χ3v) is 1.27. The van der Waals surface area contributed by atoms with E-state index in [1.807, 2.05) is 25.9 Å². The molecule has 1 heterocycles. The Kier molecular flexibility index (Phi) is 2.20. The second-order valence-electron chi connectivity index (χ2n) is 2.31. The molecule has 60 valence electrons. The van der Waals surface area contributed by atoms with Crippen LogP contribution < -0.4 is 0 Å². The van der Waals surface area contributed by atoms with Gasteiger partial charge in [0.25, 0.3) is 5.88 Å². The van der Waals surface area contributed by atoms with Crippen LogP contribution in [-0.4, -0.2) is 35.2 Å². The van der Waals surface area contributed by atoms with Crippen LogP contribution >= 0.6 is 0 Å². The molecule has 5 heteroatoms. The van der Waals surface area contributed by atoms with Gasteiger partial charge < -0.3 is 9.42 Å². The molecule has 0 amide bonds. The smallest absolute Gasteiger partial charge is 0.272 e. The minimum absolute atomic E-state index is 0.427. The quantitative estimate of drug-likeness (QED) is 0.441. The van der Waals surface area contributed by atoms with Crippen LogP contribution in [0.4, 0.5) is 5.88 Å². The van der Waals surface area contributed by atoms with Gasteiger partial charge in [0.05, 0.1) is 0 Å². The summed E-state index contributed by atoms with van der Waals surface area (Å²) in [6, 6.07) is 0. The first-order chi connectivity index (χ1) is 5.20. The molecule has 0 aliphatic carbocycles. The predicted molar refractivity (Wildman–Crippen MR) is 40.8 cm³/mol. The lowest BCUT2D eigenvalue weighted by molar-refractivity contribution is 0.401.